The van der Waals surface area contributed by atoms with Gasteiger partial charge in [-0.15, -0.1) is 11.3 Å². The van der Waals surface area contributed by atoms with Crippen molar-refractivity contribution in [3.05, 3.63) is 40.1 Å². The monoisotopic (exact) mass is 229 g/mol. The zero-order chi connectivity index (χ0) is 11.1. The normalized spacial score (nSPS) is 13.1. The van der Waals surface area contributed by atoms with Crippen LogP contribution in [0, 0.1) is 0 Å². The number of nitrogens with two attached hydrogens (primary N) is 2. The van der Waals surface area contributed by atoms with Crippen molar-refractivity contribution >= 4 is 40.2 Å². The van der Waals surface area contributed by atoms with E-state index < -0.39 is 0 Å². The molecule has 0 bridgehead atoms. The van der Waals surface area contributed by atoms with Crippen LogP contribution < -0.4 is 16.8 Å². The van der Waals surface area contributed by atoms with E-state index in [0.717, 1.165) is 33.2 Å². The van der Waals surface area contributed by atoms with Crippen molar-refractivity contribution in [1.29, 1.82) is 0 Å². The molecule has 0 fully saturated rings. The van der Waals surface area contributed by atoms with Gasteiger partial charge in [-0.3, -0.25) is 0 Å². The lowest BCUT2D eigenvalue weighted by molar-refractivity contribution is 1.56. The summed E-state index contributed by atoms with van der Waals surface area (Å²) in [7, 11) is 0. The summed E-state index contributed by atoms with van der Waals surface area (Å²) in [5.74, 6) is 0. The largest absolute Gasteiger partial charge is 0.399 e. The van der Waals surface area contributed by atoms with Gasteiger partial charge in [-0.05, 0) is 35.7 Å². The van der Waals surface area contributed by atoms with Crippen LogP contribution in [-0.4, -0.2) is 0 Å². The van der Waals surface area contributed by atoms with E-state index in [4.69, 9.17) is 11.5 Å². The molecule has 16 heavy (non-hydrogen) atoms. The van der Waals surface area contributed by atoms with Crippen molar-refractivity contribution in [3.63, 3.8) is 0 Å². The molecule has 0 radical (unpaired) electrons. The summed E-state index contributed by atoms with van der Waals surface area (Å²) in [5, 5.41) is 5.39. The standard InChI is InChI=1S/C12H11N3S/c13-8-1-2-10-7(5-8)6-9(14)12-11(15-10)3-4-16-12/h1-6,15H,13-14H2. The Bertz CT molecular complexity index is 584. The van der Waals surface area contributed by atoms with Crippen LogP contribution in [0.3, 0.4) is 0 Å². The smallest absolute Gasteiger partial charge is 0.0734 e. The number of fused-ring (bicyclic) bond motifs is 2. The number of thiophene rings is 1. The second-order valence-electron chi connectivity index (χ2n) is 3.73. The van der Waals surface area contributed by atoms with E-state index in [1.165, 1.54) is 0 Å². The third-order valence-corrected chi connectivity index (χ3v) is 3.55. The van der Waals surface area contributed by atoms with Gasteiger partial charge >= 0.3 is 0 Å². The average Bonchev–Trinajstić information content (AvgIpc) is 2.65. The van der Waals surface area contributed by atoms with Crippen molar-refractivity contribution in [1.82, 2.24) is 0 Å². The van der Waals surface area contributed by atoms with Crippen LogP contribution in [0.1, 0.15) is 10.4 Å². The molecule has 4 heteroatoms. The Balaban J connectivity index is 2.23. The third kappa shape index (κ3) is 1.35. The number of rotatable bonds is 0. The predicted molar refractivity (Wildman–Crippen MR) is 70.5 cm³/mol. The zero-order valence-corrected chi connectivity index (χ0v) is 9.34. The van der Waals surface area contributed by atoms with Gasteiger partial charge in [0.1, 0.15) is 0 Å². The van der Waals surface area contributed by atoms with E-state index >= 15 is 0 Å². The van der Waals surface area contributed by atoms with Crippen LogP contribution in [0.25, 0.3) is 11.8 Å². The molecule has 3 rings (SSSR count). The number of benzene rings is 1. The molecule has 1 aromatic heterocycles. The minimum Gasteiger partial charge on any atom is -0.399 e. The van der Waals surface area contributed by atoms with Crippen LogP contribution in [-0.2, 0) is 0 Å². The Labute approximate surface area is 97.4 Å². The minimum absolute atomic E-state index is 0.745. The second kappa shape index (κ2) is 3.28. The van der Waals surface area contributed by atoms with Crippen LogP contribution in [0.5, 0.6) is 0 Å². The van der Waals surface area contributed by atoms with Crippen molar-refractivity contribution in [2.45, 2.75) is 0 Å². The topological polar surface area (TPSA) is 64.1 Å². The molecule has 0 unspecified atom stereocenters. The van der Waals surface area contributed by atoms with E-state index in [1.807, 2.05) is 35.7 Å². The fourth-order valence-corrected chi connectivity index (χ4v) is 2.61. The van der Waals surface area contributed by atoms with E-state index in [9.17, 15) is 0 Å². The second-order valence-corrected chi connectivity index (χ2v) is 4.65. The molecule has 0 atom stereocenters. The summed E-state index contributed by atoms with van der Waals surface area (Å²) in [4.78, 5) is 1.08. The molecule has 2 heterocycles. The van der Waals surface area contributed by atoms with Gasteiger partial charge in [0.15, 0.2) is 0 Å². The molecule has 3 nitrogen and oxygen atoms in total. The van der Waals surface area contributed by atoms with Gasteiger partial charge in [0.2, 0.25) is 0 Å². The summed E-state index contributed by atoms with van der Waals surface area (Å²) in [5.41, 5.74) is 16.5. The quantitative estimate of drug-likeness (QED) is 0.609. The van der Waals surface area contributed by atoms with Gasteiger partial charge in [0.25, 0.3) is 0 Å². The van der Waals surface area contributed by atoms with Crippen molar-refractivity contribution in [2.75, 3.05) is 11.1 Å². The first-order chi connectivity index (χ1) is 7.74. The van der Waals surface area contributed by atoms with Crippen LogP contribution >= 0.6 is 11.3 Å². The fraction of sp³-hybridized carbons (Fsp3) is 0. The zero-order valence-electron chi connectivity index (χ0n) is 8.53. The van der Waals surface area contributed by atoms with Crippen LogP contribution in [0.15, 0.2) is 29.6 Å². The van der Waals surface area contributed by atoms with E-state index in [1.54, 1.807) is 11.3 Å². The Kier molecular flexibility index (Phi) is 1.91. The summed E-state index contributed by atoms with van der Waals surface area (Å²) >= 11 is 1.63. The number of hydrogen-bond donors (Lipinski definition) is 3. The lowest BCUT2D eigenvalue weighted by Gasteiger charge is -2.07. The Morgan fingerprint density at radius 1 is 1.06 bits per heavy atom. The first-order valence-electron chi connectivity index (χ1n) is 4.95. The maximum absolute atomic E-state index is 6.05. The maximum Gasteiger partial charge on any atom is 0.0734 e. The summed E-state index contributed by atoms with van der Waals surface area (Å²) in [6.45, 7) is 0. The maximum atomic E-state index is 6.05. The lowest BCUT2D eigenvalue weighted by atomic mass is 10.1. The van der Waals surface area contributed by atoms with Gasteiger partial charge in [0, 0.05) is 16.9 Å². The van der Waals surface area contributed by atoms with Gasteiger partial charge in [0.05, 0.1) is 16.3 Å². The molecule has 0 spiro atoms. The molecule has 1 aromatic carbocycles. The highest BCUT2D eigenvalue weighted by molar-refractivity contribution is 7.11. The van der Waals surface area contributed by atoms with Crippen molar-refractivity contribution in [2.24, 2.45) is 5.73 Å². The Morgan fingerprint density at radius 3 is 2.81 bits per heavy atom. The highest BCUT2D eigenvalue weighted by Gasteiger charge is 2.13. The molecule has 80 valence electrons. The number of nitrogen functional groups attached to an aromatic ring is 1. The van der Waals surface area contributed by atoms with Gasteiger partial charge in [-0.1, -0.05) is 0 Å². The molecule has 0 aliphatic carbocycles. The van der Waals surface area contributed by atoms with E-state index in [-0.39, 0.29) is 0 Å². The van der Waals surface area contributed by atoms with Crippen LogP contribution in [0.4, 0.5) is 17.1 Å². The molecule has 1 aliphatic heterocycles. The number of hydrogen-bond acceptors (Lipinski definition) is 4. The highest BCUT2D eigenvalue weighted by Crippen LogP contribution is 2.36. The van der Waals surface area contributed by atoms with E-state index in [2.05, 4.69) is 5.32 Å². The highest BCUT2D eigenvalue weighted by atomic mass is 32.1. The predicted octanol–water partition coefficient (Wildman–Crippen LogP) is 2.84. The van der Waals surface area contributed by atoms with Crippen molar-refractivity contribution in [3.8, 4) is 0 Å². The third-order valence-electron chi connectivity index (χ3n) is 2.58. The van der Waals surface area contributed by atoms with Crippen molar-refractivity contribution < 1.29 is 0 Å². The molecule has 2 aromatic rings. The molecule has 1 aliphatic rings. The van der Waals surface area contributed by atoms with Gasteiger partial charge in [-0.2, -0.15) is 0 Å². The van der Waals surface area contributed by atoms with Gasteiger partial charge in [-0.25, -0.2) is 0 Å². The molecule has 0 amide bonds. The number of nitrogens with one attached hydrogen (secondary N) is 1. The molecule has 0 saturated heterocycles. The first kappa shape index (κ1) is 9.30. The first-order valence-corrected chi connectivity index (χ1v) is 5.83. The number of anilines is 3. The van der Waals surface area contributed by atoms with Gasteiger partial charge < -0.3 is 16.8 Å². The summed E-state index contributed by atoms with van der Waals surface area (Å²) in [6.07, 6.45) is 1.96. The van der Waals surface area contributed by atoms with E-state index in [0.29, 0.717) is 0 Å². The van der Waals surface area contributed by atoms with Crippen LogP contribution in [0.2, 0.25) is 0 Å². The molecule has 5 N–H and O–H groups in total. The lowest BCUT2D eigenvalue weighted by Crippen LogP contribution is -1.94. The fourth-order valence-electron chi connectivity index (χ4n) is 1.82. The molecular formula is C12H11N3S. The Morgan fingerprint density at radius 2 is 1.94 bits per heavy atom. The summed E-state index contributed by atoms with van der Waals surface area (Å²) < 4.78 is 0. The molecular weight excluding hydrogens is 218 g/mol. The minimum atomic E-state index is 0.745. The summed E-state index contributed by atoms with van der Waals surface area (Å²) in [6, 6.07) is 7.81. The Hall–Kier alpha value is -1.94. The molecule has 0 saturated carbocycles. The average molecular weight is 229 g/mol. The SMILES string of the molecule is NC1=Cc2cc(N)ccc2Nc2ccsc21.